The smallest absolute Gasteiger partial charge is 0.311 e. The van der Waals surface area contributed by atoms with Crippen LogP contribution < -0.4 is 10.6 Å². The van der Waals surface area contributed by atoms with Crippen molar-refractivity contribution < 1.29 is 29.2 Å². The number of nitro benzene ring substituents is 2. The third kappa shape index (κ3) is 16.1. The molecule has 0 aliphatic carbocycles. The Labute approximate surface area is 239 Å². The van der Waals surface area contributed by atoms with Crippen LogP contribution in [0.25, 0.3) is 0 Å². The molecule has 0 aliphatic heterocycles. The number of rotatable bonds is 21. The molecule has 2 atom stereocenters. The van der Waals surface area contributed by atoms with Gasteiger partial charge in [0.1, 0.15) is 5.69 Å². The van der Waals surface area contributed by atoms with E-state index in [1.807, 2.05) is 6.08 Å². The Balaban J connectivity index is 2.22. The molecule has 41 heavy (non-hydrogen) atoms. The van der Waals surface area contributed by atoms with Crippen LogP contribution in [-0.4, -0.2) is 51.3 Å². The van der Waals surface area contributed by atoms with Crippen molar-refractivity contribution in [1.82, 2.24) is 5.32 Å². The molecular formula is C29H41FN4O7. The maximum absolute atomic E-state index is 13.8. The Bertz CT molecular complexity index is 1090. The number of hydrogen-bond donors (Lipinski definition) is 4. The van der Waals surface area contributed by atoms with Gasteiger partial charge in [-0.2, -0.15) is 4.39 Å². The summed E-state index contributed by atoms with van der Waals surface area (Å²) in [6.07, 6.45) is 19.7. The molecule has 0 heterocycles. The van der Waals surface area contributed by atoms with Gasteiger partial charge in [0, 0.05) is 25.6 Å². The van der Waals surface area contributed by atoms with E-state index in [1.54, 1.807) is 36.5 Å². The zero-order chi connectivity index (χ0) is 30.5. The predicted molar refractivity (Wildman–Crippen MR) is 157 cm³/mol. The highest BCUT2D eigenvalue weighted by Gasteiger charge is 2.24. The van der Waals surface area contributed by atoms with E-state index in [1.165, 1.54) is 19.3 Å². The molecule has 0 spiro atoms. The van der Waals surface area contributed by atoms with Crippen molar-refractivity contribution in [3.8, 4) is 0 Å². The van der Waals surface area contributed by atoms with E-state index in [4.69, 9.17) is 0 Å². The monoisotopic (exact) mass is 576 g/mol. The Morgan fingerprint density at radius 1 is 0.927 bits per heavy atom. The number of anilines is 1. The predicted octanol–water partition coefficient (Wildman–Crippen LogP) is 5.65. The molecule has 0 saturated heterocycles. The number of carbonyl (C=O) groups is 1. The number of nitrogens with zero attached hydrogens (tertiary/aromatic N) is 2. The highest BCUT2D eigenvalue weighted by Crippen LogP contribution is 2.31. The summed E-state index contributed by atoms with van der Waals surface area (Å²) in [6, 6.07) is 1.28. The molecule has 1 rings (SSSR count). The lowest BCUT2D eigenvalue weighted by molar-refractivity contribution is -0.395. The maximum Gasteiger partial charge on any atom is 0.311 e. The molecule has 0 aliphatic rings. The van der Waals surface area contributed by atoms with Crippen LogP contribution in [0.2, 0.25) is 0 Å². The van der Waals surface area contributed by atoms with Gasteiger partial charge in [0.15, 0.2) is 0 Å². The molecule has 12 heteroatoms. The number of benzene rings is 1. The summed E-state index contributed by atoms with van der Waals surface area (Å²) in [7, 11) is 0. The molecule has 11 nitrogen and oxygen atoms in total. The lowest BCUT2D eigenvalue weighted by Gasteiger charge is -2.09. The number of nitro groups is 2. The number of aliphatic hydroxyl groups is 2. The van der Waals surface area contributed by atoms with Crippen molar-refractivity contribution in [3.63, 3.8) is 0 Å². The van der Waals surface area contributed by atoms with Crippen LogP contribution in [0.15, 0.2) is 60.7 Å². The largest absolute Gasteiger partial charge is 0.389 e. The van der Waals surface area contributed by atoms with Gasteiger partial charge in [0.25, 0.3) is 5.69 Å². The minimum Gasteiger partial charge on any atom is -0.389 e. The summed E-state index contributed by atoms with van der Waals surface area (Å²) < 4.78 is 13.8. The average Bonchev–Trinajstić information content (AvgIpc) is 2.92. The summed E-state index contributed by atoms with van der Waals surface area (Å²) >= 11 is 0. The number of carbonyl (C=O) groups excluding carboxylic acids is 1. The Kier molecular flexibility index (Phi) is 17.9. The van der Waals surface area contributed by atoms with Crippen LogP contribution in [0, 0.1) is 26.0 Å². The van der Waals surface area contributed by atoms with Crippen LogP contribution in [0.5, 0.6) is 0 Å². The van der Waals surface area contributed by atoms with E-state index >= 15 is 0 Å². The Morgan fingerprint density at radius 2 is 1.61 bits per heavy atom. The van der Waals surface area contributed by atoms with Gasteiger partial charge in [0.2, 0.25) is 11.7 Å². The number of allylic oxidation sites excluding steroid dienone is 5. The molecule has 1 amide bonds. The Morgan fingerprint density at radius 3 is 2.27 bits per heavy atom. The molecule has 0 unspecified atom stereocenters. The van der Waals surface area contributed by atoms with Crippen LogP contribution >= 0.6 is 0 Å². The first-order chi connectivity index (χ1) is 19.6. The second kappa shape index (κ2) is 20.9. The topological polar surface area (TPSA) is 168 Å². The van der Waals surface area contributed by atoms with Gasteiger partial charge in [-0.1, -0.05) is 68.4 Å². The fourth-order valence-corrected chi connectivity index (χ4v) is 3.64. The van der Waals surface area contributed by atoms with Gasteiger partial charge in [-0.3, -0.25) is 25.0 Å². The lowest BCUT2D eigenvalue weighted by atomic mass is 10.1. The maximum atomic E-state index is 13.8. The second-order valence-electron chi connectivity index (χ2n) is 9.35. The number of nitrogens with one attached hydrogen (secondary N) is 2. The average molecular weight is 577 g/mol. The number of amides is 1. The fraction of sp³-hybridized carbons (Fsp3) is 0.483. The van der Waals surface area contributed by atoms with E-state index in [0.717, 1.165) is 6.42 Å². The minimum atomic E-state index is -1.19. The Hall–Kier alpha value is -3.90. The van der Waals surface area contributed by atoms with E-state index < -0.39 is 39.2 Å². The third-order valence-electron chi connectivity index (χ3n) is 5.87. The second-order valence-corrected chi connectivity index (χ2v) is 9.35. The first-order valence-corrected chi connectivity index (χ1v) is 13.8. The van der Waals surface area contributed by atoms with Gasteiger partial charge in [-0.05, 0) is 38.5 Å². The van der Waals surface area contributed by atoms with Gasteiger partial charge < -0.3 is 20.8 Å². The minimum absolute atomic E-state index is 0.166. The highest BCUT2D eigenvalue weighted by atomic mass is 19.1. The molecule has 4 N–H and O–H groups in total. The van der Waals surface area contributed by atoms with E-state index in [2.05, 4.69) is 23.6 Å². The molecule has 0 saturated carbocycles. The molecule has 0 radical (unpaired) electrons. The van der Waals surface area contributed by atoms with Crippen molar-refractivity contribution in [2.45, 2.75) is 76.9 Å². The molecular weight excluding hydrogens is 535 g/mol. The summed E-state index contributed by atoms with van der Waals surface area (Å²) in [5.41, 5.74) is -1.78. The van der Waals surface area contributed by atoms with E-state index in [9.17, 15) is 39.6 Å². The number of aliphatic hydroxyl groups excluding tert-OH is 2. The number of unbranched alkanes of at least 4 members (excludes halogenated alkanes) is 3. The SMILES string of the molecule is CCCCCC=CC[C@@H](O)C=CC=CC=C[C@@H](O)CCCC(=O)NCCCNc1cc(F)c([N+](=O)[O-])cc1[N+](=O)[O-]. The van der Waals surface area contributed by atoms with Crippen molar-refractivity contribution in [3.05, 3.63) is 86.8 Å². The normalized spacial score (nSPS) is 13.4. The van der Waals surface area contributed by atoms with Crippen LogP contribution in [-0.2, 0) is 4.79 Å². The summed E-state index contributed by atoms with van der Waals surface area (Å²) in [5, 5.41) is 47.2. The van der Waals surface area contributed by atoms with Crippen LogP contribution in [0.3, 0.4) is 0 Å². The zero-order valence-electron chi connectivity index (χ0n) is 23.4. The van der Waals surface area contributed by atoms with Crippen LogP contribution in [0.1, 0.15) is 64.7 Å². The standard InChI is InChI=1S/C29H41FN4O7/c1-2-3-4-5-6-9-14-23(35)15-10-7-8-11-16-24(36)17-12-18-29(37)32-20-13-19-31-26-21-25(30)27(33(38)39)22-28(26)34(40)41/h6-11,15-16,21-24,31,35-36H,2-5,12-14,17-20H2,1H3,(H,32,37)/t23-,24-/m1/s1. The lowest BCUT2D eigenvalue weighted by Crippen LogP contribution is -2.25. The molecule has 0 aromatic heterocycles. The number of hydrogen-bond acceptors (Lipinski definition) is 8. The van der Waals surface area contributed by atoms with Crippen molar-refractivity contribution in [1.29, 1.82) is 0 Å². The molecule has 226 valence electrons. The van der Waals surface area contributed by atoms with Crippen LogP contribution in [0.4, 0.5) is 21.5 Å². The highest BCUT2D eigenvalue weighted by molar-refractivity contribution is 5.75. The molecule has 1 aromatic carbocycles. The number of halogens is 1. The third-order valence-corrected chi connectivity index (χ3v) is 5.87. The van der Waals surface area contributed by atoms with E-state index in [0.29, 0.717) is 37.8 Å². The van der Waals surface area contributed by atoms with Gasteiger partial charge >= 0.3 is 5.69 Å². The summed E-state index contributed by atoms with van der Waals surface area (Å²) in [6.45, 7) is 2.59. The summed E-state index contributed by atoms with van der Waals surface area (Å²) in [4.78, 5) is 32.0. The van der Waals surface area contributed by atoms with Gasteiger partial charge in [-0.15, -0.1) is 0 Å². The molecule has 1 aromatic rings. The first kappa shape index (κ1) is 35.1. The van der Waals surface area contributed by atoms with Gasteiger partial charge in [-0.25, -0.2) is 0 Å². The molecule has 0 fully saturated rings. The van der Waals surface area contributed by atoms with Crippen molar-refractivity contribution in [2.24, 2.45) is 0 Å². The van der Waals surface area contributed by atoms with Crippen molar-refractivity contribution >= 4 is 23.0 Å². The molecule has 0 bridgehead atoms. The van der Waals surface area contributed by atoms with Gasteiger partial charge in [0.05, 0.1) is 28.1 Å². The summed E-state index contributed by atoms with van der Waals surface area (Å²) in [5.74, 6) is -1.40. The van der Waals surface area contributed by atoms with Crippen molar-refractivity contribution in [2.75, 3.05) is 18.4 Å². The fourth-order valence-electron chi connectivity index (χ4n) is 3.64. The zero-order valence-corrected chi connectivity index (χ0v) is 23.4. The first-order valence-electron chi connectivity index (χ1n) is 13.8. The van der Waals surface area contributed by atoms with E-state index in [-0.39, 0.29) is 31.1 Å². The quantitative estimate of drug-likeness (QED) is 0.0479.